The molecule has 0 atom stereocenters. The van der Waals surface area contributed by atoms with Gasteiger partial charge in [-0.15, -0.1) is 0 Å². The van der Waals surface area contributed by atoms with Crippen LogP contribution >= 0.6 is 35.0 Å². The van der Waals surface area contributed by atoms with Gasteiger partial charge in [0.15, 0.2) is 5.17 Å². The maximum atomic E-state index is 12.5. The molecule has 1 fully saturated rings. The number of nitrogens with zero attached hydrogens (tertiary/aromatic N) is 1. The van der Waals surface area contributed by atoms with E-state index < -0.39 is 0 Å². The molecule has 1 heterocycles. The fourth-order valence-corrected chi connectivity index (χ4v) is 4.36. The van der Waals surface area contributed by atoms with Crippen molar-refractivity contribution >= 4 is 57.8 Å². The Morgan fingerprint density at radius 1 is 1.06 bits per heavy atom. The number of ether oxygens (including phenoxy) is 2. The molecule has 0 spiro atoms. The number of carbonyl (C=O) groups is 1. The number of nitrogens with one attached hydrogen (secondary N) is 1. The molecular formula is C24H18Cl2N2O3S. The third kappa shape index (κ3) is 5.46. The second-order valence-corrected chi connectivity index (χ2v) is 8.63. The zero-order chi connectivity index (χ0) is 22.5. The Morgan fingerprint density at radius 3 is 2.53 bits per heavy atom. The van der Waals surface area contributed by atoms with E-state index in [2.05, 4.69) is 10.3 Å². The standard InChI is InChI=1S/C24H18Cl2N2O3S/c1-30-19-9-7-18(8-10-19)27-24-28-23(29)21(32-24)12-16-11-17(25)13-20(26)22(16)31-14-15-5-3-2-4-6-15/h2-13H,14H2,1H3,(H,27,28,29)/b21-12-. The summed E-state index contributed by atoms with van der Waals surface area (Å²) in [6.45, 7) is 0.335. The molecule has 1 aliphatic heterocycles. The molecule has 3 aromatic carbocycles. The Balaban J connectivity index is 1.58. The van der Waals surface area contributed by atoms with Crippen LogP contribution in [0, 0.1) is 0 Å². The van der Waals surface area contributed by atoms with Gasteiger partial charge in [0, 0.05) is 10.6 Å². The van der Waals surface area contributed by atoms with Crippen LogP contribution in [0.15, 0.2) is 76.6 Å². The molecule has 4 rings (SSSR count). The van der Waals surface area contributed by atoms with E-state index in [9.17, 15) is 4.79 Å². The first kappa shape index (κ1) is 22.3. The molecule has 162 valence electrons. The lowest BCUT2D eigenvalue weighted by molar-refractivity contribution is -0.115. The second-order valence-electron chi connectivity index (χ2n) is 6.76. The van der Waals surface area contributed by atoms with Crippen LogP contribution in [0.2, 0.25) is 10.0 Å². The third-order valence-corrected chi connectivity index (χ3v) is 5.91. The van der Waals surface area contributed by atoms with Crippen LogP contribution in [0.4, 0.5) is 5.69 Å². The van der Waals surface area contributed by atoms with E-state index in [1.165, 1.54) is 11.8 Å². The van der Waals surface area contributed by atoms with E-state index in [-0.39, 0.29) is 5.91 Å². The van der Waals surface area contributed by atoms with Crippen LogP contribution in [-0.4, -0.2) is 18.2 Å². The summed E-state index contributed by atoms with van der Waals surface area (Å²) < 4.78 is 11.1. The Bertz CT molecular complexity index is 1200. The first-order chi connectivity index (χ1) is 15.5. The number of rotatable bonds is 6. The normalized spacial score (nSPS) is 15.8. The van der Waals surface area contributed by atoms with Crippen molar-refractivity contribution in [3.8, 4) is 11.5 Å². The van der Waals surface area contributed by atoms with Gasteiger partial charge in [-0.2, -0.15) is 0 Å². The van der Waals surface area contributed by atoms with Gasteiger partial charge in [-0.3, -0.25) is 4.79 Å². The minimum atomic E-state index is -0.257. The van der Waals surface area contributed by atoms with Crippen LogP contribution < -0.4 is 14.8 Å². The molecule has 0 bridgehead atoms. The van der Waals surface area contributed by atoms with E-state index in [1.807, 2.05) is 54.6 Å². The van der Waals surface area contributed by atoms with Crippen molar-refractivity contribution in [2.45, 2.75) is 6.61 Å². The minimum Gasteiger partial charge on any atom is -0.497 e. The molecule has 8 heteroatoms. The van der Waals surface area contributed by atoms with E-state index in [4.69, 9.17) is 32.7 Å². The highest BCUT2D eigenvalue weighted by atomic mass is 35.5. The van der Waals surface area contributed by atoms with Crippen LogP contribution in [0.1, 0.15) is 11.1 Å². The van der Waals surface area contributed by atoms with Crippen molar-refractivity contribution in [2.75, 3.05) is 7.11 Å². The molecule has 1 aliphatic rings. The van der Waals surface area contributed by atoms with E-state index in [0.717, 1.165) is 11.3 Å². The first-order valence-corrected chi connectivity index (χ1v) is 11.2. The van der Waals surface area contributed by atoms with Crippen LogP contribution in [0.5, 0.6) is 11.5 Å². The van der Waals surface area contributed by atoms with Crippen molar-refractivity contribution in [1.82, 2.24) is 5.32 Å². The molecule has 1 amide bonds. The minimum absolute atomic E-state index is 0.257. The molecule has 0 saturated carbocycles. The zero-order valence-corrected chi connectivity index (χ0v) is 19.3. The van der Waals surface area contributed by atoms with Gasteiger partial charge in [-0.05, 0) is 59.8 Å². The Morgan fingerprint density at radius 2 is 1.81 bits per heavy atom. The monoisotopic (exact) mass is 484 g/mol. The van der Waals surface area contributed by atoms with Gasteiger partial charge in [0.05, 0.1) is 22.7 Å². The fourth-order valence-electron chi connectivity index (χ4n) is 2.97. The van der Waals surface area contributed by atoms with E-state index in [1.54, 1.807) is 25.3 Å². The fraction of sp³-hybridized carbons (Fsp3) is 0.0833. The molecule has 0 aliphatic carbocycles. The largest absolute Gasteiger partial charge is 0.497 e. The molecule has 1 N–H and O–H groups in total. The van der Waals surface area contributed by atoms with Gasteiger partial charge in [0.2, 0.25) is 0 Å². The van der Waals surface area contributed by atoms with Gasteiger partial charge < -0.3 is 14.8 Å². The second kappa shape index (κ2) is 10.1. The van der Waals surface area contributed by atoms with Crippen molar-refractivity contribution in [1.29, 1.82) is 0 Å². The lowest BCUT2D eigenvalue weighted by Crippen LogP contribution is -2.19. The molecular weight excluding hydrogens is 467 g/mol. The van der Waals surface area contributed by atoms with Gasteiger partial charge in [-0.1, -0.05) is 53.5 Å². The maximum absolute atomic E-state index is 12.5. The Labute approximate surface area is 200 Å². The number of amides is 1. The SMILES string of the molecule is COc1ccc(N=C2NC(=O)/C(=C/c3cc(Cl)cc(Cl)c3OCc3ccccc3)S2)cc1. The summed E-state index contributed by atoms with van der Waals surface area (Å²) in [4.78, 5) is 17.5. The number of thioether (sulfide) groups is 1. The highest BCUT2D eigenvalue weighted by molar-refractivity contribution is 8.18. The summed E-state index contributed by atoms with van der Waals surface area (Å²) in [6.07, 6.45) is 1.70. The third-order valence-electron chi connectivity index (χ3n) is 4.50. The smallest absolute Gasteiger partial charge is 0.264 e. The molecule has 32 heavy (non-hydrogen) atoms. The molecule has 1 saturated heterocycles. The number of benzene rings is 3. The average molecular weight is 485 g/mol. The maximum Gasteiger partial charge on any atom is 0.264 e. The topological polar surface area (TPSA) is 59.9 Å². The van der Waals surface area contributed by atoms with Gasteiger partial charge in [0.25, 0.3) is 5.91 Å². The summed E-state index contributed by atoms with van der Waals surface area (Å²) >= 11 is 13.8. The summed E-state index contributed by atoms with van der Waals surface area (Å²) in [5.74, 6) is 0.937. The van der Waals surface area contributed by atoms with Crippen molar-refractivity contribution < 1.29 is 14.3 Å². The van der Waals surface area contributed by atoms with Crippen LogP contribution in [0.25, 0.3) is 6.08 Å². The first-order valence-electron chi connectivity index (χ1n) is 9.61. The van der Waals surface area contributed by atoms with E-state index >= 15 is 0 Å². The van der Waals surface area contributed by atoms with Gasteiger partial charge in [0.1, 0.15) is 18.1 Å². The number of halogens is 2. The van der Waals surface area contributed by atoms with Crippen molar-refractivity contribution in [3.05, 3.63) is 92.8 Å². The highest BCUT2D eigenvalue weighted by Crippen LogP contribution is 2.37. The van der Waals surface area contributed by atoms with Crippen LogP contribution in [0.3, 0.4) is 0 Å². The zero-order valence-electron chi connectivity index (χ0n) is 17.0. The van der Waals surface area contributed by atoms with Crippen molar-refractivity contribution in [3.63, 3.8) is 0 Å². The van der Waals surface area contributed by atoms with Crippen molar-refractivity contribution in [2.24, 2.45) is 4.99 Å². The predicted molar refractivity (Wildman–Crippen MR) is 131 cm³/mol. The summed E-state index contributed by atoms with van der Waals surface area (Å²) in [6, 6.07) is 20.3. The molecule has 0 unspecified atom stereocenters. The Kier molecular flexibility index (Phi) is 7.05. The number of amidine groups is 1. The highest BCUT2D eigenvalue weighted by Gasteiger charge is 2.25. The number of aliphatic imine (C=N–C) groups is 1. The number of carbonyl (C=O) groups excluding carboxylic acids is 1. The lowest BCUT2D eigenvalue weighted by atomic mass is 10.1. The lowest BCUT2D eigenvalue weighted by Gasteiger charge is -2.12. The summed E-state index contributed by atoms with van der Waals surface area (Å²) in [7, 11) is 1.60. The number of methoxy groups -OCH3 is 1. The van der Waals surface area contributed by atoms with Gasteiger partial charge >= 0.3 is 0 Å². The average Bonchev–Trinajstić information content (AvgIpc) is 3.12. The summed E-state index contributed by atoms with van der Waals surface area (Å²) in [5.41, 5.74) is 2.31. The quantitative estimate of drug-likeness (QED) is 0.407. The van der Waals surface area contributed by atoms with Gasteiger partial charge in [-0.25, -0.2) is 4.99 Å². The molecule has 0 aromatic heterocycles. The molecule has 3 aromatic rings. The number of hydrogen-bond donors (Lipinski definition) is 1. The van der Waals surface area contributed by atoms with E-state index in [0.29, 0.717) is 43.7 Å². The Hall–Kier alpha value is -2.93. The molecule has 5 nitrogen and oxygen atoms in total. The number of hydrogen-bond acceptors (Lipinski definition) is 5. The molecule has 0 radical (unpaired) electrons. The van der Waals surface area contributed by atoms with Crippen LogP contribution in [-0.2, 0) is 11.4 Å². The predicted octanol–water partition coefficient (Wildman–Crippen LogP) is 6.47. The summed E-state index contributed by atoms with van der Waals surface area (Å²) in [5, 5.41) is 4.07.